The topological polar surface area (TPSA) is 81.8 Å². The highest BCUT2D eigenvalue weighted by molar-refractivity contribution is 6.04. The lowest BCUT2D eigenvalue weighted by molar-refractivity contribution is -0.131. The van der Waals surface area contributed by atoms with Gasteiger partial charge in [-0.05, 0) is 44.9 Å². The standard InChI is InChI=1S/C22H30N2O5/c1-6-8-11-19(26)23(13-17-10-9-12-29-17)14-18(25)20-15(3)21(22(27)28-5)24(7-2)16(20)4/h9-10,12H,6-8,11,13-14H2,1-5H3. The summed E-state index contributed by atoms with van der Waals surface area (Å²) in [6.07, 6.45) is 3.59. The maximum Gasteiger partial charge on any atom is 0.354 e. The number of amides is 1. The number of carbonyl (C=O) groups is 3. The van der Waals surface area contributed by atoms with Gasteiger partial charge < -0.3 is 18.6 Å². The zero-order valence-electron chi connectivity index (χ0n) is 17.9. The molecule has 0 saturated carbocycles. The van der Waals surface area contributed by atoms with Gasteiger partial charge in [0.1, 0.15) is 11.5 Å². The second kappa shape index (κ2) is 10.1. The number of hydrogen-bond donors (Lipinski definition) is 0. The predicted molar refractivity (Wildman–Crippen MR) is 109 cm³/mol. The fourth-order valence-electron chi connectivity index (χ4n) is 3.62. The van der Waals surface area contributed by atoms with Crippen LogP contribution in [-0.4, -0.2) is 40.8 Å². The van der Waals surface area contributed by atoms with E-state index in [2.05, 4.69) is 0 Å². The first kappa shape index (κ1) is 22.5. The van der Waals surface area contributed by atoms with Crippen LogP contribution >= 0.6 is 0 Å². The van der Waals surface area contributed by atoms with Crippen molar-refractivity contribution >= 4 is 17.7 Å². The van der Waals surface area contributed by atoms with E-state index in [-0.39, 0.29) is 24.8 Å². The van der Waals surface area contributed by atoms with Gasteiger partial charge in [-0.1, -0.05) is 13.3 Å². The van der Waals surface area contributed by atoms with Crippen LogP contribution in [0, 0.1) is 13.8 Å². The van der Waals surface area contributed by atoms with Gasteiger partial charge >= 0.3 is 5.97 Å². The zero-order valence-corrected chi connectivity index (χ0v) is 17.9. The number of nitrogens with zero attached hydrogens (tertiary/aromatic N) is 2. The molecule has 0 N–H and O–H groups in total. The molecule has 1 amide bonds. The second-order valence-electron chi connectivity index (χ2n) is 7.03. The average Bonchev–Trinajstić information content (AvgIpc) is 3.30. The molecule has 0 aliphatic carbocycles. The summed E-state index contributed by atoms with van der Waals surface area (Å²) in [6.45, 7) is 8.18. The monoisotopic (exact) mass is 402 g/mol. The van der Waals surface area contributed by atoms with E-state index < -0.39 is 5.97 Å². The Labute approximate surface area is 171 Å². The maximum atomic E-state index is 13.2. The van der Waals surface area contributed by atoms with Gasteiger partial charge in [0.15, 0.2) is 5.78 Å². The molecule has 158 valence electrons. The molecule has 0 radical (unpaired) electrons. The van der Waals surface area contributed by atoms with E-state index in [4.69, 9.17) is 9.15 Å². The van der Waals surface area contributed by atoms with E-state index in [1.807, 2.05) is 20.8 Å². The lowest BCUT2D eigenvalue weighted by Gasteiger charge is -2.21. The summed E-state index contributed by atoms with van der Waals surface area (Å²) in [4.78, 5) is 39.7. The van der Waals surface area contributed by atoms with Crippen LogP contribution in [0.4, 0.5) is 0 Å². The number of ketones is 1. The van der Waals surface area contributed by atoms with Gasteiger partial charge in [-0.2, -0.15) is 0 Å². The molecule has 0 unspecified atom stereocenters. The van der Waals surface area contributed by atoms with Crippen molar-refractivity contribution in [3.63, 3.8) is 0 Å². The average molecular weight is 402 g/mol. The molecule has 7 heteroatoms. The van der Waals surface area contributed by atoms with Gasteiger partial charge in [-0.3, -0.25) is 9.59 Å². The van der Waals surface area contributed by atoms with Crippen LogP contribution in [0.2, 0.25) is 0 Å². The minimum Gasteiger partial charge on any atom is -0.467 e. The summed E-state index contributed by atoms with van der Waals surface area (Å²) in [5, 5.41) is 0. The van der Waals surface area contributed by atoms with E-state index in [1.165, 1.54) is 12.0 Å². The number of furan rings is 1. The molecular formula is C22H30N2O5. The first-order valence-electron chi connectivity index (χ1n) is 9.96. The smallest absolute Gasteiger partial charge is 0.354 e. The molecule has 2 heterocycles. The van der Waals surface area contributed by atoms with Gasteiger partial charge in [0.25, 0.3) is 0 Å². The summed E-state index contributed by atoms with van der Waals surface area (Å²) in [5.41, 5.74) is 2.14. The fraction of sp³-hybridized carbons (Fsp3) is 0.500. The summed E-state index contributed by atoms with van der Waals surface area (Å²) >= 11 is 0. The van der Waals surface area contributed by atoms with Gasteiger partial charge in [0.05, 0.1) is 26.5 Å². The number of methoxy groups -OCH3 is 1. The van der Waals surface area contributed by atoms with Crippen molar-refractivity contribution in [2.75, 3.05) is 13.7 Å². The Bertz CT molecular complexity index is 864. The van der Waals surface area contributed by atoms with Gasteiger partial charge in [-0.25, -0.2) is 4.79 Å². The predicted octanol–water partition coefficient (Wildman–Crippen LogP) is 3.91. The summed E-state index contributed by atoms with van der Waals surface area (Å²) in [5.74, 6) is -0.140. The van der Waals surface area contributed by atoms with Crippen molar-refractivity contribution in [2.45, 2.75) is 60.0 Å². The van der Waals surface area contributed by atoms with Gasteiger partial charge in [0.2, 0.25) is 5.91 Å². The molecule has 0 aliphatic heterocycles. The Balaban J connectivity index is 2.34. The third kappa shape index (κ3) is 4.96. The molecule has 0 saturated heterocycles. The number of aromatic nitrogens is 1. The van der Waals surface area contributed by atoms with E-state index in [1.54, 1.807) is 29.9 Å². The summed E-state index contributed by atoms with van der Waals surface area (Å²) < 4.78 is 12.0. The van der Waals surface area contributed by atoms with Crippen molar-refractivity contribution in [3.8, 4) is 0 Å². The first-order valence-corrected chi connectivity index (χ1v) is 9.96. The minimum absolute atomic E-state index is 0.0702. The first-order chi connectivity index (χ1) is 13.8. The van der Waals surface area contributed by atoms with E-state index in [0.717, 1.165) is 12.8 Å². The Morgan fingerprint density at radius 2 is 1.93 bits per heavy atom. The number of Topliss-reactive ketones (excluding diaryl/α,β-unsaturated/α-hetero) is 1. The Morgan fingerprint density at radius 1 is 1.21 bits per heavy atom. The Kier molecular flexibility index (Phi) is 7.82. The fourth-order valence-corrected chi connectivity index (χ4v) is 3.62. The molecule has 2 rings (SSSR count). The Morgan fingerprint density at radius 3 is 2.48 bits per heavy atom. The van der Waals surface area contributed by atoms with Crippen molar-refractivity contribution in [3.05, 3.63) is 46.7 Å². The minimum atomic E-state index is -0.474. The van der Waals surface area contributed by atoms with E-state index >= 15 is 0 Å². The second-order valence-corrected chi connectivity index (χ2v) is 7.03. The van der Waals surface area contributed by atoms with Crippen LogP contribution in [0.15, 0.2) is 22.8 Å². The van der Waals surface area contributed by atoms with Crippen molar-refractivity contribution in [1.29, 1.82) is 0 Å². The number of carbonyl (C=O) groups excluding carboxylic acids is 3. The third-order valence-electron chi connectivity index (χ3n) is 5.10. The highest BCUT2D eigenvalue weighted by atomic mass is 16.5. The maximum absolute atomic E-state index is 13.2. The summed E-state index contributed by atoms with van der Waals surface area (Å²) in [6, 6.07) is 3.54. The molecule has 0 fully saturated rings. The quantitative estimate of drug-likeness (QED) is 0.445. The lowest BCUT2D eigenvalue weighted by atomic mass is 10.0. The molecule has 0 atom stereocenters. The van der Waals surface area contributed by atoms with Crippen LogP contribution < -0.4 is 0 Å². The molecule has 0 aliphatic rings. The van der Waals surface area contributed by atoms with E-state index in [0.29, 0.717) is 41.2 Å². The number of esters is 1. The summed E-state index contributed by atoms with van der Waals surface area (Å²) in [7, 11) is 1.32. The highest BCUT2D eigenvalue weighted by Gasteiger charge is 2.28. The zero-order chi connectivity index (χ0) is 21.6. The number of rotatable bonds is 10. The molecular weight excluding hydrogens is 372 g/mol. The van der Waals surface area contributed by atoms with Crippen LogP contribution in [-0.2, 0) is 22.6 Å². The molecule has 2 aromatic heterocycles. The number of ether oxygens (including phenoxy) is 1. The third-order valence-corrected chi connectivity index (χ3v) is 5.10. The van der Waals surface area contributed by atoms with Crippen LogP contribution in [0.3, 0.4) is 0 Å². The lowest BCUT2D eigenvalue weighted by Crippen LogP contribution is -2.35. The largest absolute Gasteiger partial charge is 0.467 e. The van der Waals surface area contributed by atoms with Gasteiger partial charge in [-0.15, -0.1) is 0 Å². The molecule has 0 aromatic carbocycles. The molecule has 0 spiro atoms. The van der Waals surface area contributed by atoms with Crippen LogP contribution in [0.5, 0.6) is 0 Å². The number of unbranched alkanes of at least 4 members (excludes halogenated alkanes) is 1. The van der Waals surface area contributed by atoms with Crippen LogP contribution in [0.1, 0.15) is 71.0 Å². The van der Waals surface area contributed by atoms with Crippen molar-refractivity contribution < 1.29 is 23.5 Å². The van der Waals surface area contributed by atoms with Crippen molar-refractivity contribution in [1.82, 2.24) is 9.47 Å². The van der Waals surface area contributed by atoms with Crippen molar-refractivity contribution in [2.24, 2.45) is 0 Å². The molecule has 0 bridgehead atoms. The SMILES string of the molecule is CCCCC(=O)N(CC(=O)c1c(C)c(C(=O)OC)n(CC)c1C)Cc1ccco1. The molecule has 2 aromatic rings. The normalized spacial score (nSPS) is 10.8. The van der Waals surface area contributed by atoms with Gasteiger partial charge in [0, 0.05) is 24.2 Å². The number of hydrogen-bond acceptors (Lipinski definition) is 5. The highest BCUT2D eigenvalue weighted by Crippen LogP contribution is 2.24. The Hall–Kier alpha value is -2.83. The van der Waals surface area contributed by atoms with Crippen LogP contribution in [0.25, 0.3) is 0 Å². The molecule has 29 heavy (non-hydrogen) atoms. The molecule has 7 nitrogen and oxygen atoms in total. The van der Waals surface area contributed by atoms with E-state index in [9.17, 15) is 14.4 Å².